The summed E-state index contributed by atoms with van der Waals surface area (Å²) in [6.07, 6.45) is 1.44. The Labute approximate surface area is 168 Å². The highest BCUT2D eigenvalue weighted by Gasteiger charge is 2.02. The summed E-state index contributed by atoms with van der Waals surface area (Å²) in [7, 11) is 0. The molecule has 0 aliphatic rings. The summed E-state index contributed by atoms with van der Waals surface area (Å²) in [6, 6.07) is 15.7. The lowest BCUT2D eigenvalue weighted by atomic mass is 10.2. The van der Waals surface area contributed by atoms with Crippen LogP contribution in [0, 0.1) is 0 Å². The van der Waals surface area contributed by atoms with E-state index in [1.165, 1.54) is 10.5 Å². The van der Waals surface area contributed by atoms with E-state index in [1.807, 2.05) is 60.3 Å². The van der Waals surface area contributed by atoms with Crippen LogP contribution in [0.3, 0.4) is 0 Å². The van der Waals surface area contributed by atoms with Gasteiger partial charge in [-0.25, -0.2) is 0 Å². The first kappa shape index (κ1) is 20.5. The quantitative estimate of drug-likeness (QED) is 0.387. The highest BCUT2D eigenvalue weighted by molar-refractivity contribution is 7.99. The molecule has 6 heteroatoms. The fourth-order valence-corrected chi connectivity index (χ4v) is 4.00. The first-order valence-corrected chi connectivity index (χ1v) is 11.0. The molecule has 0 unspecified atom stereocenters. The van der Waals surface area contributed by atoms with Crippen LogP contribution >= 0.6 is 46.7 Å². The monoisotopic (exact) mass is 413 g/mol. The molecule has 2 nitrogen and oxygen atoms in total. The van der Waals surface area contributed by atoms with Crippen molar-refractivity contribution in [2.75, 3.05) is 18.1 Å². The van der Waals surface area contributed by atoms with E-state index in [2.05, 4.69) is 5.32 Å². The third kappa shape index (κ3) is 8.91. The van der Waals surface area contributed by atoms with Crippen LogP contribution in [0.15, 0.2) is 53.4 Å². The van der Waals surface area contributed by atoms with Gasteiger partial charge in [-0.05, 0) is 54.1 Å². The maximum Gasteiger partial charge on any atom is 0.220 e. The molecule has 0 aromatic heterocycles. The topological polar surface area (TPSA) is 29.1 Å². The molecule has 0 bridgehead atoms. The highest BCUT2D eigenvalue weighted by atomic mass is 35.5. The van der Waals surface area contributed by atoms with E-state index in [0.717, 1.165) is 33.7 Å². The molecular formula is C19H21Cl2NOS2. The zero-order valence-electron chi connectivity index (χ0n) is 13.8. The number of carbonyl (C=O) groups is 1. The standard InChI is InChI=1S/C19H21Cl2NOS2/c20-16-5-3-15(4-6-16)14-24-13-11-22-19(23)2-1-12-25-18-9-7-17(21)8-10-18/h3-10H,1-2,11-14H2,(H,22,23). The number of amides is 1. The second kappa shape index (κ2) is 11.7. The molecule has 1 amide bonds. The molecule has 0 atom stereocenters. The van der Waals surface area contributed by atoms with Gasteiger partial charge in [-0.1, -0.05) is 35.3 Å². The number of hydrogen-bond acceptors (Lipinski definition) is 3. The molecule has 0 saturated carbocycles. The second-order valence-electron chi connectivity index (χ2n) is 5.43. The summed E-state index contributed by atoms with van der Waals surface area (Å²) in [5.74, 6) is 2.91. The minimum absolute atomic E-state index is 0.129. The number of thioether (sulfide) groups is 2. The molecule has 0 aliphatic carbocycles. The van der Waals surface area contributed by atoms with Gasteiger partial charge in [0.15, 0.2) is 0 Å². The van der Waals surface area contributed by atoms with Crippen LogP contribution in [-0.2, 0) is 10.5 Å². The van der Waals surface area contributed by atoms with Gasteiger partial charge in [-0.2, -0.15) is 11.8 Å². The van der Waals surface area contributed by atoms with Crippen molar-refractivity contribution in [1.82, 2.24) is 5.32 Å². The van der Waals surface area contributed by atoms with Gasteiger partial charge in [-0.15, -0.1) is 11.8 Å². The molecule has 2 aromatic carbocycles. The predicted molar refractivity (Wildman–Crippen MR) is 112 cm³/mol. The number of benzene rings is 2. The predicted octanol–water partition coefficient (Wildman–Crippen LogP) is 5.92. The third-order valence-electron chi connectivity index (χ3n) is 3.38. The summed E-state index contributed by atoms with van der Waals surface area (Å²) in [6.45, 7) is 0.710. The molecule has 0 aliphatic heterocycles. The lowest BCUT2D eigenvalue weighted by Gasteiger charge is -2.06. The molecule has 0 saturated heterocycles. The Kier molecular flexibility index (Phi) is 9.63. The Balaban J connectivity index is 1.48. The Hall–Kier alpha value is -0.810. The zero-order valence-corrected chi connectivity index (χ0v) is 17.0. The normalized spacial score (nSPS) is 10.6. The van der Waals surface area contributed by atoms with E-state index in [4.69, 9.17) is 23.2 Å². The smallest absolute Gasteiger partial charge is 0.220 e. The number of hydrogen-bond donors (Lipinski definition) is 1. The first-order chi connectivity index (χ1) is 12.1. The number of nitrogens with one attached hydrogen (secondary N) is 1. The molecule has 2 aromatic rings. The molecule has 0 heterocycles. The Morgan fingerprint density at radius 1 is 0.920 bits per heavy atom. The van der Waals surface area contributed by atoms with Gasteiger partial charge in [0.25, 0.3) is 0 Å². The van der Waals surface area contributed by atoms with Crippen molar-refractivity contribution < 1.29 is 4.79 Å². The van der Waals surface area contributed by atoms with Gasteiger partial charge in [0.05, 0.1) is 0 Å². The summed E-state index contributed by atoms with van der Waals surface area (Å²) in [5.41, 5.74) is 1.25. The second-order valence-corrected chi connectivity index (χ2v) is 8.58. The molecule has 0 spiro atoms. The van der Waals surface area contributed by atoms with Gasteiger partial charge in [0.2, 0.25) is 5.91 Å². The van der Waals surface area contributed by atoms with Crippen LogP contribution in [0.1, 0.15) is 18.4 Å². The van der Waals surface area contributed by atoms with Crippen molar-refractivity contribution in [2.24, 2.45) is 0 Å². The van der Waals surface area contributed by atoms with Crippen molar-refractivity contribution in [2.45, 2.75) is 23.5 Å². The Bertz CT molecular complexity index is 647. The molecule has 25 heavy (non-hydrogen) atoms. The molecular weight excluding hydrogens is 393 g/mol. The van der Waals surface area contributed by atoms with Crippen molar-refractivity contribution >= 4 is 52.6 Å². The summed E-state index contributed by atoms with van der Waals surface area (Å²) in [4.78, 5) is 13.0. The van der Waals surface area contributed by atoms with E-state index in [1.54, 1.807) is 11.8 Å². The average molecular weight is 414 g/mol. The minimum atomic E-state index is 0.129. The Morgan fingerprint density at radius 2 is 1.56 bits per heavy atom. The summed E-state index contributed by atoms with van der Waals surface area (Å²) >= 11 is 15.3. The van der Waals surface area contributed by atoms with Crippen molar-refractivity contribution in [3.05, 3.63) is 64.1 Å². The molecule has 2 rings (SSSR count). The van der Waals surface area contributed by atoms with Crippen LogP contribution in [0.25, 0.3) is 0 Å². The van der Waals surface area contributed by atoms with Crippen LogP contribution < -0.4 is 5.32 Å². The van der Waals surface area contributed by atoms with Crippen LogP contribution in [-0.4, -0.2) is 24.0 Å². The maximum atomic E-state index is 11.8. The van der Waals surface area contributed by atoms with Crippen LogP contribution in [0.2, 0.25) is 10.0 Å². The van der Waals surface area contributed by atoms with Crippen LogP contribution in [0.5, 0.6) is 0 Å². The lowest BCUT2D eigenvalue weighted by molar-refractivity contribution is -0.120. The maximum absolute atomic E-state index is 11.8. The fourth-order valence-electron chi connectivity index (χ4n) is 2.08. The van der Waals surface area contributed by atoms with E-state index in [0.29, 0.717) is 13.0 Å². The van der Waals surface area contributed by atoms with Gasteiger partial charge >= 0.3 is 0 Å². The highest BCUT2D eigenvalue weighted by Crippen LogP contribution is 2.21. The molecule has 0 radical (unpaired) electrons. The number of carbonyl (C=O) groups excluding carboxylic acids is 1. The van der Waals surface area contributed by atoms with E-state index < -0.39 is 0 Å². The minimum Gasteiger partial charge on any atom is -0.355 e. The van der Waals surface area contributed by atoms with E-state index in [9.17, 15) is 4.79 Å². The average Bonchev–Trinajstić information content (AvgIpc) is 2.61. The van der Waals surface area contributed by atoms with E-state index >= 15 is 0 Å². The van der Waals surface area contributed by atoms with E-state index in [-0.39, 0.29) is 5.91 Å². The fraction of sp³-hybridized carbons (Fsp3) is 0.316. The number of halogens is 2. The number of rotatable bonds is 10. The zero-order chi connectivity index (χ0) is 17.9. The molecule has 1 N–H and O–H groups in total. The van der Waals surface area contributed by atoms with Crippen molar-refractivity contribution in [3.63, 3.8) is 0 Å². The van der Waals surface area contributed by atoms with Crippen molar-refractivity contribution in [3.8, 4) is 0 Å². The third-order valence-corrected chi connectivity index (χ3v) is 6.01. The van der Waals surface area contributed by atoms with Gasteiger partial charge < -0.3 is 5.32 Å². The summed E-state index contributed by atoms with van der Waals surface area (Å²) < 4.78 is 0. The SMILES string of the molecule is O=C(CCCSc1ccc(Cl)cc1)NCCSCc1ccc(Cl)cc1. The first-order valence-electron chi connectivity index (χ1n) is 8.11. The molecule has 0 fully saturated rings. The van der Waals surface area contributed by atoms with Crippen LogP contribution in [0.4, 0.5) is 0 Å². The lowest BCUT2D eigenvalue weighted by Crippen LogP contribution is -2.25. The van der Waals surface area contributed by atoms with Gasteiger partial charge in [0, 0.05) is 39.4 Å². The van der Waals surface area contributed by atoms with Gasteiger partial charge in [0.1, 0.15) is 0 Å². The molecule has 134 valence electrons. The van der Waals surface area contributed by atoms with Gasteiger partial charge in [-0.3, -0.25) is 4.79 Å². The summed E-state index contributed by atoms with van der Waals surface area (Å²) in [5, 5.41) is 4.48. The van der Waals surface area contributed by atoms with Crippen molar-refractivity contribution in [1.29, 1.82) is 0 Å². The Morgan fingerprint density at radius 3 is 2.24 bits per heavy atom. The largest absolute Gasteiger partial charge is 0.355 e.